The molecule has 0 aliphatic rings. The van der Waals surface area contributed by atoms with E-state index in [0.717, 1.165) is 12.8 Å². The summed E-state index contributed by atoms with van der Waals surface area (Å²) in [6, 6.07) is 10.2. The fourth-order valence-electron chi connectivity index (χ4n) is 0.917. The first kappa shape index (κ1) is 15.8. The number of nitrogens with two attached hydrogens (primary N) is 2. The van der Waals surface area contributed by atoms with E-state index in [4.69, 9.17) is 10.5 Å². The van der Waals surface area contributed by atoms with E-state index in [1.807, 2.05) is 18.2 Å². The molecule has 0 unspecified atom stereocenters. The molecule has 1 rings (SSSR count). The van der Waals surface area contributed by atoms with Gasteiger partial charge in [-0.15, -0.1) is 6.04 Å². The minimum absolute atomic E-state index is 0. The van der Waals surface area contributed by atoms with Crippen molar-refractivity contribution < 1.29 is 25.9 Å². The summed E-state index contributed by atoms with van der Waals surface area (Å²) in [4.78, 5) is 8.46. The zero-order chi connectivity index (χ0) is 10.1. The Bertz CT molecular complexity index is 227. The largest absolute Gasteiger partial charge is 2.00 e. The van der Waals surface area contributed by atoms with Gasteiger partial charge in [0.2, 0.25) is 0 Å². The van der Waals surface area contributed by atoms with Crippen LogP contribution in [-0.4, -0.2) is 12.5 Å². The summed E-state index contributed by atoms with van der Waals surface area (Å²) >= 11 is 0. The molecule has 0 radical (unpaired) electrons. The quantitative estimate of drug-likeness (QED) is 0.591. The number of rotatable bonds is 2. The fourth-order valence-corrected chi connectivity index (χ4v) is 0.917. The summed E-state index contributed by atoms with van der Waals surface area (Å²) < 4.78 is 0. The maximum absolute atomic E-state index is 8.46. The SMILES string of the molecule is N[C-]=O.[CH2-][C@H](N)Cc1ccccc1.[W+2]. The predicted octanol–water partition coefficient (Wildman–Crippen LogP) is 0.400. The third-order valence-corrected chi connectivity index (χ3v) is 1.34. The second kappa shape index (κ2) is 10.4. The van der Waals surface area contributed by atoms with Crippen LogP contribution in [0.15, 0.2) is 30.3 Å². The van der Waals surface area contributed by atoms with Gasteiger partial charge in [-0.1, -0.05) is 30.3 Å². The van der Waals surface area contributed by atoms with Gasteiger partial charge in [-0.3, -0.25) is 0 Å². The molecule has 0 aliphatic heterocycles. The molecule has 4 heteroatoms. The number of benzene rings is 1. The molecule has 0 heterocycles. The van der Waals surface area contributed by atoms with Gasteiger partial charge >= 0.3 is 21.1 Å². The Kier molecular flexibility index (Phi) is 11.8. The Morgan fingerprint density at radius 1 is 1.36 bits per heavy atom. The molecule has 0 spiro atoms. The average Bonchev–Trinajstić information content (AvgIpc) is 2.06. The maximum atomic E-state index is 8.46. The van der Waals surface area contributed by atoms with Gasteiger partial charge in [-0.05, 0) is 12.0 Å². The van der Waals surface area contributed by atoms with Crippen LogP contribution in [0.5, 0.6) is 0 Å². The number of carbonyl (C=O) groups excluding carboxylic acids is 1. The van der Waals surface area contributed by atoms with Crippen LogP contribution < -0.4 is 11.5 Å². The van der Waals surface area contributed by atoms with Crippen molar-refractivity contribution in [1.82, 2.24) is 0 Å². The molecular formula is C10H14N2OW. The molecule has 0 aromatic heterocycles. The van der Waals surface area contributed by atoms with E-state index < -0.39 is 0 Å². The maximum Gasteiger partial charge on any atom is 2.00 e. The number of hydrogen-bond donors (Lipinski definition) is 2. The van der Waals surface area contributed by atoms with Crippen LogP contribution in [0.25, 0.3) is 0 Å². The van der Waals surface area contributed by atoms with E-state index in [-0.39, 0.29) is 27.1 Å². The van der Waals surface area contributed by atoms with Crippen molar-refractivity contribution >= 4 is 6.41 Å². The summed E-state index contributed by atoms with van der Waals surface area (Å²) in [6.07, 6.45) is 1.86. The second-order valence-electron chi connectivity index (χ2n) is 2.57. The molecule has 0 aliphatic carbocycles. The number of primary amides is 1. The van der Waals surface area contributed by atoms with Crippen LogP contribution in [-0.2, 0) is 32.3 Å². The molecule has 0 saturated heterocycles. The molecule has 0 fully saturated rings. The molecule has 1 amide bonds. The third-order valence-electron chi connectivity index (χ3n) is 1.34. The van der Waals surface area contributed by atoms with Crippen LogP contribution in [0.4, 0.5) is 0 Å². The summed E-state index contributed by atoms with van der Waals surface area (Å²) in [6.45, 7) is 3.71. The number of hydrogen-bond acceptors (Lipinski definition) is 2. The van der Waals surface area contributed by atoms with Crippen LogP contribution in [0.2, 0.25) is 0 Å². The first-order valence-corrected chi connectivity index (χ1v) is 3.91. The van der Waals surface area contributed by atoms with Crippen molar-refractivity contribution in [3.05, 3.63) is 42.8 Å². The molecule has 14 heavy (non-hydrogen) atoms. The van der Waals surface area contributed by atoms with Crippen LogP contribution in [0.1, 0.15) is 5.56 Å². The van der Waals surface area contributed by atoms with Crippen molar-refractivity contribution in [3.63, 3.8) is 0 Å². The standard InChI is InChI=1S/C9H12N.CH2NO.W/c1-8(10)7-9-5-3-2-4-6-9;2-1-3;/h2-6,8H,1,7,10H2;(H2,2,3);/q2*-1;+2/t8-;;/m0../s1. The van der Waals surface area contributed by atoms with Crippen molar-refractivity contribution in [2.45, 2.75) is 12.5 Å². The molecule has 1 atom stereocenters. The van der Waals surface area contributed by atoms with E-state index >= 15 is 0 Å². The van der Waals surface area contributed by atoms with E-state index in [9.17, 15) is 0 Å². The minimum atomic E-state index is 0. The van der Waals surface area contributed by atoms with Crippen LogP contribution in [0.3, 0.4) is 0 Å². The van der Waals surface area contributed by atoms with Gasteiger partial charge in [0.05, 0.1) is 0 Å². The summed E-state index contributed by atoms with van der Waals surface area (Å²) in [7, 11) is 0. The van der Waals surface area contributed by atoms with Gasteiger partial charge in [-0.25, -0.2) is 0 Å². The van der Waals surface area contributed by atoms with Crippen LogP contribution >= 0.6 is 0 Å². The van der Waals surface area contributed by atoms with Crippen molar-refractivity contribution in [2.75, 3.05) is 0 Å². The molecule has 0 bridgehead atoms. The van der Waals surface area contributed by atoms with Gasteiger partial charge in [0.1, 0.15) is 0 Å². The zero-order valence-corrected chi connectivity index (χ0v) is 10.8. The first-order chi connectivity index (χ1) is 6.20. The van der Waals surface area contributed by atoms with Crippen molar-refractivity contribution in [3.8, 4) is 0 Å². The monoisotopic (exact) mass is 362 g/mol. The van der Waals surface area contributed by atoms with Crippen LogP contribution in [0, 0.1) is 6.92 Å². The Hall–Kier alpha value is -0.662. The molecule has 76 valence electrons. The summed E-state index contributed by atoms with van der Waals surface area (Å²) in [5, 5.41) is 0. The van der Waals surface area contributed by atoms with Gasteiger partial charge in [0.25, 0.3) is 0 Å². The van der Waals surface area contributed by atoms with Gasteiger partial charge in [0, 0.05) is 0 Å². The third kappa shape index (κ3) is 9.43. The van der Waals surface area contributed by atoms with Crippen molar-refractivity contribution in [2.24, 2.45) is 11.5 Å². The molecule has 3 nitrogen and oxygen atoms in total. The molecular weight excluding hydrogens is 348 g/mol. The smallest absolute Gasteiger partial charge is 0.543 e. The topological polar surface area (TPSA) is 69.1 Å². The second-order valence-corrected chi connectivity index (χ2v) is 2.57. The Morgan fingerprint density at radius 2 is 1.79 bits per heavy atom. The molecule has 1 aromatic carbocycles. The summed E-state index contributed by atoms with van der Waals surface area (Å²) in [5.41, 5.74) is 10.8. The normalized spacial score (nSPS) is 10.1. The molecule has 4 N–H and O–H groups in total. The van der Waals surface area contributed by atoms with E-state index in [2.05, 4.69) is 24.8 Å². The van der Waals surface area contributed by atoms with Gasteiger partial charge in [-0.2, -0.15) is 6.41 Å². The predicted molar refractivity (Wildman–Crippen MR) is 53.4 cm³/mol. The van der Waals surface area contributed by atoms with Gasteiger partial charge in [0.15, 0.2) is 0 Å². The Balaban J connectivity index is 0. The summed E-state index contributed by atoms with van der Waals surface area (Å²) in [5.74, 6) is 0. The first-order valence-electron chi connectivity index (χ1n) is 3.91. The fraction of sp³-hybridized carbons (Fsp3) is 0.200. The minimum Gasteiger partial charge on any atom is -0.543 e. The van der Waals surface area contributed by atoms with E-state index in [1.165, 1.54) is 5.56 Å². The van der Waals surface area contributed by atoms with Gasteiger partial charge < -0.3 is 23.2 Å². The molecule has 0 saturated carbocycles. The Morgan fingerprint density at radius 3 is 2.14 bits per heavy atom. The average molecular weight is 362 g/mol. The molecule has 1 aromatic rings. The Labute approximate surface area is 99.1 Å². The number of amides is 1. The van der Waals surface area contributed by atoms with Crippen molar-refractivity contribution in [1.29, 1.82) is 0 Å². The van der Waals surface area contributed by atoms with E-state index in [0.29, 0.717) is 0 Å². The zero-order valence-electron chi connectivity index (χ0n) is 7.85. The van der Waals surface area contributed by atoms with E-state index in [1.54, 1.807) is 0 Å².